The van der Waals surface area contributed by atoms with Crippen LogP contribution < -0.4 is 0 Å². The topological polar surface area (TPSA) is 18.5 Å². The van der Waals surface area contributed by atoms with Gasteiger partial charge in [-0.1, -0.05) is 32.7 Å². The molecule has 0 spiro atoms. The largest absolute Gasteiger partial charge is 0.379 e. The Balaban J connectivity index is 0. The molecule has 0 aromatic carbocycles. The van der Waals surface area contributed by atoms with Crippen molar-refractivity contribution in [3.05, 3.63) is 0 Å². The summed E-state index contributed by atoms with van der Waals surface area (Å²) in [5.74, 6) is 0. The molecule has 0 bridgehead atoms. The summed E-state index contributed by atoms with van der Waals surface area (Å²) in [6, 6.07) is 2.50. The smallest absolute Gasteiger partial charge is 0.0700 e. The van der Waals surface area contributed by atoms with Crippen molar-refractivity contribution >= 4 is 16.9 Å². The van der Waals surface area contributed by atoms with Crippen molar-refractivity contribution in [2.45, 2.75) is 44.8 Å². The van der Waals surface area contributed by atoms with Crippen LogP contribution in [0, 0.1) is 0 Å². The van der Waals surface area contributed by atoms with Crippen LogP contribution in [0.4, 0.5) is 0 Å². The molecule has 0 saturated heterocycles. The average Bonchev–Trinajstić information content (AvgIpc) is 2.07. The molecule has 93 valence electrons. The first-order valence-electron chi connectivity index (χ1n) is 5.86. The van der Waals surface area contributed by atoms with E-state index in [1.54, 1.807) is 0 Å². The van der Waals surface area contributed by atoms with Gasteiger partial charge >= 0.3 is 0 Å². The number of hydrogen-bond donors (Lipinski definition) is 0. The maximum atomic E-state index is 5.53. The molecular formula is C11H27O2RfSi2. The Kier molecular flexibility index (Phi) is 10.6. The zero-order valence-electron chi connectivity index (χ0n) is 11.8. The van der Waals surface area contributed by atoms with E-state index < -0.39 is 8.07 Å². The molecule has 0 atom stereocenters. The molecular weight excluding hydrogens is 487 g/mol. The number of ether oxygens (including phenoxy) is 2. The van der Waals surface area contributed by atoms with E-state index in [1.807, 2.05) is 0 Å². The van der Waals surface area contributed by atoms with Crippen molar-refractivity contribution < 1.29 is 9.47 Å². The van der Waals surface area contributed by atoms with Crippen molar-refractivity contribution in [2.75, 3.05) is 26.4 Å². The minimum absolute atomic E-state index is 0. The molecule has 0 saturated carbocycles. The van der Waals surface area contributed by atoms with Gasteiger partial charge < -0.3 is 9.47 Å². The van der Waals surface area contributed by atoms with Crippen LogP contribution in [0.5, 0.6) is 0 Å². The average molecular weight is 515 g/mol. The molecule has 2 nitrogen and oxygen atoms in total. The van der Waals surface area contributed by atoms with Gasteiger partial charge in [0.1, 0.15) is 0 Å². The predicted octanol–water partition coefficient (Wildman–Crippen LogP) is 3.11. The minimum Gasteiger partial charge on any atom is -0.379 e. The summed E-state index contributed by atoms with van der Waals surface area (Å²) in [4.78, 5) is 0. The Morgan fingerprint density at radius 3 is 1.81 bits per heavy atom. The number of hydrogen-bond acceptors (Lipinski definition) is 2. The van der Waals surface area contributed by atoms with Crippen molar-refractivity contribution in [3.8, 4) is 0 Å². The summed E-state index contributed by atoms with van der Waals surface area (Å²) < 4.78 is 11.0. The molecule has 1 radical (unpaired) electrons. The summed E-state index contributed by atoms with van der Waals surface area (Å²) in [5, 5.41) is 0. The van der Waals surface area contributed by atoms with Crippen molar-refractivity contribution in [1.82, 2.24) is 0 Å². The Morgan fingerprint density at radius 1 is 0.875 bits per heavy atom. The summed E-state index contributed by atoms with van der Waals surface area (Å²) >= 11 is 0. The summed E-state index contributed by atoms with van der Waals surface area (Å²) in [6.07, 6.45) is 0. The van der Waals surface area contributed by atoms with E-state index in [0.717, 1.165) is 26.4 Å². The Labute approximate surface area is 98.0 Å². The molecule has 0 aliphatic heterocycles. The van der Waals surface area contributed by atoms with Crippen molar-refractivity contribution in [3.63, 3.8) is 0 Å². The predicted molar refractivity (Wildman–Crippen MR) is 72.1 cm³/mol. The first kappa shape index (κ1) is 17.7. The van der Waals surface area contributed by atoms with Crippen LogP contribution in [0.1, 0.15) is 0 Å². The molecule has 0 rings (SSSR count). The van der Waals surface area contributed by atoms with Crippen molar-refractivity contribution in [1.29, 1.82) is 0 Å². The normalized spacial score (nSPS) is 11.6. The van der Waals surface area contributed by atoms with E-state index in [4.69, 9.17) is 9.47 Å². The van der Waals surface area contributed by atoms with E-state index in [9.17, 15) is 0 Å². The van der Waals surface area contributed by atoms with Gasteiger partial charge in [-0.15, -0.1) is 0 Å². The summed E-state index contributed by atoms with van der Waals surface area (Å²) in [5.41, 5.74) is 0. The zero-order valence-corrected chi connectivity index (χ0v) is 20.2. The van der Waals surface area contributed by atoms with Crippen LogP contribution in [0.25, 0.3) is 0 Å². The fourth-order valence-corrected chi connectivity index (χ4v) is 2.29. The SMILES string of the molecule is C[Si](C)CCOCCOCC[Si](C)(C)C.[Rf]. The molecule has 0 amide bonds. The molecule has 5 heteroatoms. The van der Waals surface area contributed by atoms with E-state index in [-0.39, 0.29) is 8.80 Å². The minimum atomic E-state index is -0.909. The van der Waals surface area contributed by atoms with Crippen LogP contribution in [0.15, 0.2) is 0 Å². The van der Waals surface area contributed by atoms with Gasteiger partial charge in [-0.2, -0.15) is 0 Å². The van der Waals surface area contributed by atoms with Gasteiger partial charge in [0.2, 0.25) is 0 Å². The molecule has 0 aromatic rings. The van der Waals surface area contributed by atoms with Crippen LogP contribution in [-0.4, -0.2) is 43.3 Å². The molecule has 0 aliphatic rings. The first-order valence-corrected chi connectivity index (χ1v) is 12.3. The Hall–Kier alpha value is -0.646. The molecule has 0 aliphatic carbocycles. The second kappa shape index (κ2) is 9.57. The fraction of sp³-hybridized carbons (Fsp3) is 1.00. The van der Waals surface area contributed by atoms with Gasteiger partial charge in [0.25, 0.3) is 0 Å². The first-order chi connectivity index (χ1) is 6.92. The molecule has 0 fully saturated rings. The van der Waals surface area contributed by atoms with Crippen LogP contribution in [-0.2, 0) is 9.47 Å². The van der Waals surface area contributed by atoms with Gasteiger partial charge in [-0.05, 0) is 12.1 Å². The maximum absolute atomic E-state index is 5.53. The Bertz CT molecular complexity index is 149. The third-order valence-corrected chi connectivity index (χ3v) is 5.02. The molecule has 0 unspecified atom stereocenters. The Morgan fingerprint density at radius 2 is 1.38 bits per heavy atom. The summed E-state index contributed by atoms with van der Waals surface area (Å²) in [7, 11) is -1.02. The maximum Gasteiger partial charge on any atom is 0.0700 e. The van der Waals surface area contributed by atoms with Gasteiger partial charge in [0.15, 0.2) is 0 Å². The quantitative estimate of drug-likeness (QED) is 0.348. The summed E-state index contributed by atoms with van der Waals surface area (Å²) in [6.45, 7) is 15.1. The van der Waals surface area contributed by atoms with Gasteiger partial charge in [0.05, 0.1) is 13.2 Å². The zero-order chi connectivity index (χ0) is 11.7. The van der Waals surface area contributed by atoms with Gasteiger partial charge in [-0.25, -0.2) is 0 Å². The fourth-order valence-electron chi connectivity index (χ4n) is 0.977. The van der Waals surface area contributed by atoms with Gasteiger partial charge in [0, 0.05) is 30.1 Å². The van der Waals surface area contributed by atoms with Crippen LogP contribution in [0.3, 0.4) is 0 Å². The van der Waals surface area contributed by atoms with Crippen molar-refractivity contribution in [2.24, 2.45) is 0 Å². The molecule has 0 N–H and O–H groups in total. The van der Waals surface area contributed by atoms with E-state index in [1.165, 1.54) is 12.1 Å². The van der Waals surface area contributed by atoms with Gasteiger partial charge in [-0.3, -0.25) is 0 Å². The molecule has 0 heterocycles. The standard InChI is InChI=1S/C11H27O2Si2.Rf/c1-14(2)10-8-12-6-7-13-9-11-15(3,4)5;/h6-11H2,1-5H3;. The number of rotatable bonds is 9. The third kappa shape index (κ3) is 15.8. The molecule has 0 aromatic heterocycles. The van der Waals surface area contributed by atoms with E-state index in [0.29, 0.717) is 0 Å². The van der Waals surface area contributed by atoms with E-state index in [2.05, 4.69) is 32.7 Å². The second-order valence-corrected chi connectivity index (χ2v) is 14.0. The van der Waals surface area contributed by atoms with Crippen LogP contribution in [0.2, 0.25) is 44.8 Å². The third-order valence-electron chi connectivity index (χ3n) is 2.11. The monoisotopic (exact) mass is 514 g/mol. The van der Waals surface area contributed by atoms with Crippen LogP contribution >= 0.6 is 0 Å². The molecule has 16 heavy (non-hydrogen) atoms. The van der Waals surface area contributed by atoms with E-state index >= 15 is 0 Å². The second-order valence-electron chi connectivity index (χ2n) is 5.49.